The van der Waals surface area contributed by atoms with Crippen LogP contribution in [0.25, 0.3) is 11.3 Å². The number of carbonyl (C=O) groups is 1. The van der Waals surface area contributed by atoms with Gasteiger partial charge in [0.2, 0.25) is 0 Å². The second-order valence-electron chi connectivity index (χ2n) is 6.27. The summed E-state index contributed by atoms with van der Waals surface area (Å²) in [6.07, 6.45) is 1.82. The number of nitrogens with one attached hydrogen (secondary N) is 2. The number of allylic oxidation sites excluding steroid dienone is 1. The summed E-state index contributed by atoms with van der Waals surface area (Å²) in [5.74, 6) is 1.28. The molecule has 148 valence electrons. The molecule has 0 radical (unpaired) electrons. The maximum Gasteiger partial charge on any atom is 0.358 e. The first-order valence-corrected chi connectivity index (χ1v) is 10.7. The molecule has 0 spiro atoms. The minimum absolute atomic E-state index is 0.217. The highest BCUT2D eigenvalue weighted by atomic mass is 79.9. The van der Waals surface area contributed by atoms with E-state index in [0.717, 1.165) is 32.4 Å². The first-order valence-electron chi connectivity index (χ1n) is 9.00. The standard InChI is InChI=1S/C21H18BrN3O3S/c1-2-8-25-17(14-6-7-18-19(12-14)28-10-9-27-18)13-29-21(25)24-23-20(26)15-4-3-5-16(22)11-15/h2-7,11-13H,1,8-10H2,(H,23,26)/p+1. The molecule has 0 fully saturated rings. The van der Waals surface area contributed by atoms with Gasteiger partial charge in [-0.25, -0.2) is 4.57 Å². The summed E-state index contributed by atoms with van der Waals surface area (Å²) >= 11 is 4.88. The topological polar surface area (TPSA) is 63.5 Å². The predicted octanol–water partition coefficient (Wildman–Crippen LogP) is 4.18. The molecule has 1 aliphatic heterocycles. The van der Waals surface area contributed by atoms with Gasteiger partial charge in [0.15, 0.2) is 11.5 Å². The lowest BCUT2D eigenvalue weighted by Crippen LogP contribution is -2.40. The molecule has 0 atom stereocenters. The summed E-state index contributed by atoms with van der Waals surface area (Å²) < 4.78 is 14.2. The van der Waals surface area contributed by atoms with E-state index in [4.69, 9.17) is 9.47 Å². The van der Waals surface area contributed by atoms with Gasteiger partial charge in [0.1, 0.15) is 25.5 Å². The maximum absolute atomic E-state index is 12.4. The molecule has 2 N–H and O–H groups in total. The Labute approximate surface area is 180 Å². The normalized spacial score (nSPS) is 12.3. The lowest BCUT2D eigenvalue weighted by atomic mass is 10.1. The number of amides is 1. The molecule has 0 saturated carbocycles. The van der Waals surface area contributed by atoms with Gasteiger partial charge in [-0.2, -0.15) is 10.9 Å². The number of thiazole rings is 1. The number of anilines is 1. The molecule has 6 nitrogen and oxygen atoms in total. The Kier molecular flexibility index (Phi) is 5.82. The number of carbonyl (C=O) groups excluding carboxylic acids is 1. The number of hydrogen-bond donors (Lipinski definition) is 2. The van der Waals surface area contributed by atoms with Crippen LogP contribution in [0, 0.1) is 0 Å². The molecule has 0 saturated heterocycles. The monoisotopic (exact) mass is 472 g/mol. The third-order valence-corrected chi connectivity index (χ3v) is 5.72. The van der Waals surface area contributed by atoms with E-state index in [2.05, 4.69) is 33.4 Å². The van der Waals surface area contributed by atoms with Crippen molar-refractivity contribution in [3.05, 3.63) is 70.5 Å². The van der Waals surface area contributed by atoms with Gasteiger partial charge in [-0.05, 0) is 36.4 Å². The summed E-state index contributed by atoms with van der Waals surface area (Å²) in [6, 6.07) is 13.1. The number of benzene rings is 2. The van der Waals surface area contributed by atoms with Crippen molar-refractivity contribution in [2.45, 2.75) is 6.54 Å². The number of hydrogen-bond acceptors (Lipinski definition) is 5. The molecule has 0 bridgehead atoms. The average molecular weight is 473 g/mol. The van der Waals surface area contributed by atoms with Crippen molar-refractivity contribution >= 4 is 38.3 Å². The fourth-order valence-corrected chi connectivity index (χ4v) is 4.29. The van der Waals surface area contributed by atoms with Gasteiger partial charge in [0.05, 0.1) is 0 Å². The molecule has 4 rings (SSSR count). The fourth-order valence-electron chi connectivity index (χ4n) is 2.99. The number of fused-ring (bicyclic) bond motifs is 1. The summed E-state index contributed by atoms with van der Waals surface area (Å²) in [5.41, 5.74) is 8.34. The van der Waals surface area contributed by atoms with Crippen molar-refractivity contribution < 1.29 is 18.8 Å². The number of hydrazine groups is 1. The third-order valence-electron chi connectivity index (χ3n) is 4.34. The molecule has 0 unspecified atom stereocenters. The summed E-state index contributed by atoms with van der Waals surface area (Å²) in [4.78, 5) is 12.4. The highest BCUT2D eigenvalue weighted by Gasteiger charge is 2.21. The van der Waals surface area contributed by atoms with Crippen molar-refractivity contribution in [3.63, 3.8) is 0 Å². The van der Waals surface area contributed by atoms with Crippen molar-refractivity contribution in [1.82, 2.24) is 5.43 Å². The highest BCUT2D eigenvalue weighted by Crippen LogP contribution is 2.34. The number of rotatable bonds is 6. The van der Waals surface area contributed by atoms with Crippen LogP contribution in [0.4, 0.5) is 5.13 Å². The molecule has 8 heteroatoms. The van der Waals surface area contributed by atoms with E-state index in [9.17, 15) is 4.79 Å². The molecule has 1 aliphatic rings. The van der Waals surface area contributed by atoms with Crippen molar-refractivity contribution in [2.24, 2.45) is 0 Å². The Hall–Kier alpha value is -2.84. The van der Waals surface area contributed by atoms with Crippen molar-refractivity contribution in [1.29, 1.82) is 0 Å². The molecule has 1 amide bonds. The van der Waals surface area contributed by atoms with Gasteiger partial charge >= 0.3 is 5.13 Å². The van der Waals surface area contributed by atoms with Crippen LogP contribution in [0.2, 0.25) is 0 Å². The molecular formula is C21H19BrN3O3S+. The van der Waals surface area contributed by atoms with Crippen LogP contribution >= 0.6 is 27.3 Å². The number of aromatic nitrogens is 1. The quantitative estimate of drug-likeness (QED) is 0.321. The minimum atomic E-state index is -0.217. The Bertz CT molecular complexity index is 1070. The summed E-state index contributed by atoms with van der Waals surface area (Å²) in [7, 11) is 0. The zero-order valence-corrected chi connectivity index (χ0v) is 17.9. The first-order chi connectivity index (χ1) is 14.2. The lowest BCUT2D eigenvalue weighted by molar-refractivity contribution is -0.658. The van der Waals surface area contributed by atoms with E-state index < -0.39 is 0 Å². The van der Waals surface area contributed by atoms with Gasteiger partial charge in [-0.1, -0.05) is 46.0 Å². The van der Waals surface area contributed by atoms with Gasteiger partial charge in [0.25, 0.3) is 5.91 Å². The average Bonchev–Trinajstić information content (AvgIpc) is 3.14. The first kappa shape index (κ1) is 19.5. The predicted molar refractivity (Wildman–Crippen MR) is 116 cm³/mol. The Morgan fingerprint density at radius 1 is 1.21 bits per heavy atom. The van der Waals surface area contributed by atoms with E-state index >= 15 is 0 Å². The van der Waals surface area contributed by atoms with Crippen LogP contribution in [-0.4, -0.2) is 19.1 Å². The van der Waals surface area contributed by atoms with Gasteiger partial charge in [-0.3, -0.25) is 4.79 Å². The van der Waals surface area contributed by atoms with Crippen LogP contribution in [0.3, 0.4) is 0 Å². The molecule has 3 aromatic rings. The van der Waals surface area contributed by atoms with Gasteiger partial charge in [-0.15, -0.1) is 0 Å². The zero-order valence-electron chi connectivity index (χ0n) is 15.5. The smallest absolute Gasteiger partial charge is 0.358 e. The van der Waals surface area contributed by atoms with Crippen molar-refractivity contribution in [3.8, 4) is 22.8 Å². The third kappa shape index (κ3) is 4.28. The molecule has 0 aliphatic carbocycles. The Morgan fingerprint density at radius 3 is 2.83 bits per heavy atom. The Morgan fingerprint density at radius 2 is 2.03 bits per heavy atom. The van der Waals surface area contributed by atoms with Gasteiger partial charge < -0.3 is 9.47 Å². The van der Waals surface area contributed by atoms with E-state index in [1.165, 1.54) is 11.3 Å². The van der Waals surface area contributed by atoms with E-state index in [1.807, 2.05) is 46.4 Å². The van der Waals surface area contributed by atoms with E-state index in [-0.39, 0.29) is 5.91 Å². The molecule has 2 heterocycles. The molecule has 29 heavy (non-hydrogen) atoms. The van der Waals surface area contributed by atoms with E-state index in [0.29, 0.717) is 25.3 Å². The highest BCUT2D eigenvalue weighted by molar-refractivity contribution is 9.10. The van der Waals surface area contributed by atoms with Crippen LogP contribution in [0.1, 0.15) is 10.4 Å². The summed E-state index contributed by atoms with van der Waals surface area (Å²) in [5, 5.41) is 2.82. The minimum Gasteiger partial charge on any atom is -0.486 e. The molecule has 1 aromatic heterocycles. The number of halogens is 1. The van der Waals surface area contributed by atoms with Crippen molar-refractivity contribution in [2.75, 3.05) is 18.6 Å². The largest absolute Gasteiger partial charge is 0.486 e. The fraction of sp³-hybridized carbons (Fsp3) is 0.143. The molecule has 2 aromatic carbocycles. The van der Waals surface area contributed by atoms with E-state index in [1.54, 1.807) is 12.1 Å². The number of nitrogens with zero attached hydrogens (tertiary/aromatic N) is 1. The van der Waals surface area contributed by atoms with Crippen LogP contribution in [0.5, 0.6) is 11.5 Å². The summed E-state index contributed by atoms with van der Waals surface area (Å²) in [6.45, 7) is 5.54. The second-order valence-corrected chi connectivity index (χ2v) is 8.05. The van der Waals surface area contributed by atoms with Crippen LogP contribution in [-0.2, 0) is 6.54 Å². The zero-order chi connectivity index (χ0) is 20.2. The lowest BCUT2D eigenvalue weighted by Gasteiger charge is -2.18. The van der Waals surface area contributed by atoms with Crippen LogP contribution < -0.4 is 24.9 Å². The number of ether oxygens (including phenoxy) is 2. The van der Waals surface area contributed by atoms with Crippen LogP contribution in [0.15, 0.2) is 65.0 Å². The SMILES string of the molecule is C=CC[n+]1c(-c2ccc3c(c2)OCCO3)csc1NNC(=O)c1cccc(Br)c1. The Balaban J connectivity index is 1.57. The maximum atomic E-state index is 12.4. The second kappa shape index (κ2) is 8.67. The molecular weight excluding hydrogens is 454 g/mol. The van der Waals surface area contributed by atoms with Gasteiger partial charge in [0, 0.05) is 21.0 Å².